The zero-order valence-corrected chi connectivity index (χ0v) is 9.56. The molecule has 0 radical (unpaired) electrons. The molecule has 1 N–H and O–H groups in total. The predicted octanol–water partition coefficient (Wildman–Crippen LogP) is 3.98. The molecule has 0 aromatic heterocycles. The molecule has 84 valence electrons. The number of anilines is 1. The number of hydrogen-bond donors (Lipinski definition) is 1. The van der Waals surface area contributed by atoms with Gasteiger partial charge in [0.1, 0.15) is 5.82 Å². The van der Waals surface area contributed by atoms with E-state index in [4.69, 9.17) is 0 Å². The first-order chi connectivity index (χ1) is 8.33. The molecule has 2 nitrogen and oxygen atoms in total. The van der Waals surface area contributed by atoms with Crippen LogP contribution in [0.5, 0.6) is 0 Å². The van der Waals surface area contributed by atoms with Crippen molar-refractivity contribution in [3.63, 3.8) is 0 Å². The number of nitrogens with one attached hydrogen (secondary N) is 1. The van der Waals surface area contributed by atoms with Crippen LogP contribution < -0.4 is 5.32 Å². The molecule has 0 saturated carbocycles. The van der Waals surface area contributed by atoms with E-state index in [9.17, 15) is 0 Å². The molecule has 2 aromatic rings. The Balaban J connectivity index is 2.33. The van der Waals surface area contributed by atoms with Crippen LogP contribution in [0, 0.1) is 0 Å². The van der Waals surface area contributed by atoms with Crippen molar-refractivity contribution in [2.24, 2.45) is 4.99 Å². The van der Waals surface area contributed by atoms with Crippen LogP contribution in [0.15, 0.2) is 72.0 Å². The van der Waals surface area contributed by atoms with Crippen molar-refractivity contribution >= 4 is 23.2 Å². The molecule has 0 bridgehead atoms. The van der Waals surface area contributed by atoms with Crippen molar-refractivity contribution in [2.75, 3.05) is 5.32 Å². The van der Waals surface area contributed by atoms with Gasteiger partial charge in [-0.2, -0.15) is 0 Å². The minimum absolute atomic E-state index is 0.690. The highest BCUT2D eigenvalue weighted by molar-refractivity contribution is 5.85. The van der Waals surface area contributed by atoms with Crippen molar-refractivity contribution in [3.8, 4) is 0 Å². The van der Waals surface area contributed by atoms with Crippen LogP contribution in [0.25, 0.3) is 10.8 Å². The van der Waals surface area contributed by atoms with Crippen LogP contribution in [0.3, 0.4) is 0 Å². The van der Waals surface area contributed by atoms with Crippen LogP contribution in [-0.2, 0) is 0 Å². The Labute approximate surface area is 101 Å². The first-order valence-electron chi connectivity index (χ1n) is 5.39. The number of aliphatic imine (C=N–C) groups is 1. The molecule has 0 spiro atoms. The smallest absolute Gasteiger partial charge is 0.129 e. The molecule has 0 aliphatic heterocycles. The minimum Gasteiger partial charge on any atom is -0.340 e. The van der Waals surface area contributed by atoms with Crippen LogP contribution in [0.4, 0.5) is 5.69 Å². The van der Waals surface area contributed by atoms with E-state index in [1.807, 2.05) is 18.2 Å². The molecule has 0 aliphatic carbocycles. The summed E-state index contributed by atoms with van der Waals surface area (Å²) >= 11 is 0. The fourth-order valence-corrected chi connectivity index (χ4v) is 1.66. The maximum atomic E-state index is 3.88. The maximum absolute atomic E-state index is 3.88. The van der Waals surface area contributed by atoms with Crippen molar-refractivity contribution in [1.29, 1.82) is 0 Å². The Hall–Kier alpha value is -2.35. The third-order valence-electron chi connectivity index (χ3n) is 2.47. The number of allylic oxidation sites excluding steroid dienone is 2. The molecular formula is C15H14N2. The van der Waals surface area contributed by atoms with Gasteiger partial charge in [-0.3, -0.25) is 0 Å². The third kappa shape index (κ3) is 2.61. The van der Waals surface area contributed by atoms with Crippen LogP contribution in [0.2, 0.25) is 0 Å². The lowest BCUT2D eigenvalue weighted by Gasteiger charge is -2.07. The molecule has 0 atom stereocenters. The molecule has 2 rings (SSSR count). The van der Waals surface area contributed by atoms with Gasteiger partial charge in [0.15, 0.2) is 0 Å². The average molecular weight is 222 g/mol. The highest BCUT2D eigenvalue weighted by Gasteiger charge is 1.97. The van der Waals surface area contributed by atoms with E-state index in [2.05, 4.69) is 47.9 Å². The number of nitrogens with zero attached hydrogens (tertiary/aromatic N) is 1. The van der Waals surface area contributed by atoms with Gasteiger partial charge in [-0.1, -0.05) is 43.0 Å². The Kier molecular flexibility index (Phi) is 3.36. The largest absolute Gasteiger partial charge is 0.340 e. The summed E-state index contributed by atoms with van der Waals surface area (Å²) in [7, 11) is 0. The van der Waals surface area contributed by atoms with Crippen molar-refractivity contribution < 1.29 is 0 Å². The second kappa shape index (κ2) is 5.12. The van der Waals surface area contributed by atoms with Crippen molar-refractivity contribution in [1.82, 2.24) is 0 Å². The minimum atomic E-state index is 0.690. The fraction of sp³-hybridized carbons (Fsp3) is 0. The highest BCUT2D eigenvalue weighted by Crippen LogP contribution is 2.20. The van der Waals surface area contributed by atoms with Crippen molar-refractivity contribution in [2.45, 2.75) is 0 Å². The van der Waals surface area contributed by atoms with Crippen LogP contribution in [-0.4, -0.2) is 6.72 Å². The summed E-state index contributed by atoms with van der Waals surface area (Å²) in [4.78, 5) is 3.88. The molecule has 0 fully saturated rings. The Morgan fingerprint density at radius 3 is 2.59 bits per heavy atom. The first kappa shape index (κ1) is 11.1. The summed E-state index contributed by atoms with van der Waals surface area (Å²) in [5.41, 5.74) is 0.990. The second-order valence-electron chi connectivity index (χ2n) is 3.63. The number of rotatable bonds is 4. The van der Waals surface area contributed by atoms with Gasteiger partial charge < -0.3 is 5.32 Å². The summed E-state index contributed by atoms with van der Waals surface area (Å²) in [5.74, 6) is 0.690. The van der Waals surface area contributed by atoms with Gasteiger partial charge in [-0.05, 0) is 35.7 Å². The Morgan fingerprint density at radius 1 is 1.12 bits per heavy atom. The summed E-state index contributed by atoms with van der Waals surface area (Å²) in [6, 6.07) is 14.4. The third-order valence-corrected chi connectivity index (χ3v) is 2.47. The normalized spacial score (nSPS) is 11.2. The van der Waals surface area contributed by atoms with E-state index in [1.165, 1.54) is 10.8 Å². The predicted molar refractivity (Wildman–Crippen MR) is 75.4 cm³/mol. The lowest BCUT2D eigenvalue weighted by Crippen LogP contribution is -1.95. The Morgan fingerprint density at radius 2 is 1.88 bits per heavy atom. The molecule has 0 heterocycles. The quantitative estimate of drug-likeness (QED) is 0.614. The van der Waals surface area contributed by atoms with E-state index >= 15 is 0 Å². The van der Waals surface area contributed by atoms with E-state index in [1.54, 1.807) is 12.2 Å². The summed E-state index contributed by atoms with van der Waals surface area (Å²) < 4.78 is 0. The Bertz CT molecular complexity index is 582. The molecule has 0 unspecified atom stereocenters. The summed E-state index contributed by atoms with van der Waals surface area (Å²) in [5, 5.41) is 5.60. The van der Waals surface area contributed by atoms with E-state index < -0.39 is 0 Å². The number of benzene rings is 2. The van der Waals surface area contributed by atoms with Crippen molar-refractivity contribution in [3.05, 3.63) is 67.0 Å². The molecule has 17 heavy (non-hydrogen) atoms. The molecule has 2 heteroatoms. The summed E-state index contributed by atoms with van der Waals surface area (Å²) in [6.45, 7) is 7.15. The van der Waals surface area contributed by atoms with Gasteiger partial charge in [0, 0.05) is 5.69 Å². The van der Waals surface area contributed by atoms with E-state index in [0.29, 0.717) is 5.82 Å². The average Bonchev–Trinajstić information content (AvgIpc) is 2.38. The molecule has 0 aliphatic rings. The lowest BCUT2D eigenvalue weighted by molar-refractivity contribution is 1.32. The van der Waals surface area contributed by atoms with Gasteiger partial charge >= 0.3 is 0 Å². The topological polar surface area (TPSA) is 24.4 Å². The summed E-state index contributed by atoms with van der Waals surface area (Å²) in [6.07, 6.45) is 3.46. The lowest BCUT2D eigenvalue weighted by atomic mass is 10.1. The molecule has 0 saturated heterocycles. The van der Waals surface area contributed by atoms with Gasteiger partial charge in [0.25, 0.3) is 0 Å². The SMILES string of the molecule is C=C/C=C(\N=C)Nc1ccc2ccccc2c1. The van der Waals surface area contributed by atoms with Gasteiger partial charge in [0.2, 0.25) is 0 Å². The number of fused-ring (bicyclic) bond motifs is 1. The zero-order chi connectivity index (χ0) is 12.1. The zero-order valence-electron chi connectivity index (χ0n) is 9.56. The fourth-order valence-electron chi connectivity index (χ4n) is 1.66. The van der Waals surface area contributed by atoms with E-state index in [0.717, 1.165) is 5.69 Å². The molecular weight excluding hydrogens is 208 g/mol. The van der Waals surface area contributed by atoms with Crippen LogP contribution >= 0.6 is 0 Å². The maximum Gasteiger partial charge on any atom is 0.129 e. The van der Waals surface area contributed by atoms with Gasteiger partial charge in [0.05, 0.1) is 0 Å². The molecule has 0 amide bonds. The van der Waals surface area contributed by atoms with E-state index in [-0.39, 0.29) is 0 Å². The van der Waals surface area contributed by atoms with Crippen LogP contribution in [0.1, 0.15) is 0 Å². The highest BCUT2D eigenvalue weighted by atomic mass is 15.0. The first-order valence-corrected chi connectivity index (χ1v) is 5.39. The number of hydrogen-bond acceptors (Lipinski definition) is 2. The monoisotopic (exact) mass is 222 g/mol. The second-order valence-corrected chi connectivity index (χ2v) is 3.63. The van der Waals surface area contributed by atoms with Gasteiger partial charge in [-0.25, -0.2) is 4.99 Å². The van der Waals surface area contributed by atoms with Gasteiger partial charge in [-0.15, -0.1) is 0 Å². The molecule has 2 aromatic carbocycles. The standard InChI is InChI=1S/C15H14N2/c1-3-6-15(16-2)17-14-10-9-12-7-4-5-8-13(12)11-14/h3-11,17H,1-2H2/b15-6+.